The number of pyridine rings is 1. The lowest BCUT2D eigenvalue weighted by molar-refractivity contribution is -0.383. The Bertz CT molecular complexity index is 772. The predicted octanol–water partition coefficient (Wildman–Crippen LogP) is 5.82. The average molecular weight is 386 g/mol. The molecule has 0 atom stereocenters. The molecule has 0 aliphatic carbocycles. The summed E-state index contributed by atoms with van der Waals surface area (Å²) in [6.45, 7) is 8.59. The van der Waals surface area contributed by atoms with Gasteiger partial charge in [-0.1, -0.05) is 26.7 Å². The third-order valence-electron chi connectivity index (χ3n) is 4.37. The first-order valence-corrected chi connectivity index (χ1v) is 9.90. The van der Waals surface area contributed by atoms with Gasteiger partial charge in [-0.05, 0) is 57.0 Å². The number of hydrogen-bond donors (Lipinski definition) is 2. The minimum absolute atomic E-state index is 0.0308. The fourth-order valence-corrected chi connectivity index (χ4v) is 3.19. The van der Waals surface area contributed by atoms with Crippen LogP contribution in [0.15, 0.2) is 30.3 Å². The second kappa shape index (κ2) is 10.5. The molecule has 2 N–H and O–H groups in total. The molecule has 2 aromatic rings. The van der Waals surface area contributed by atoms with Crippen LogP contribution in [0.25, 0.3) is 0 Å². The van der Waals surface area contributed by atoms with Crippen molar-refractivity contribution in [2.45, 2.75) is 59.4 Å². The minimum Gasteiger partial charge on any atom is -0.494 e. The number of aryl methyl sites for hydroxylation is 1. The molecule has 0 aliphatic rings. The summed E-state index contributed by atoms with van der Waals surface area (Å²) in [5, 5.41) is 18.3. The molecule has 0 saturated heterocycles. The number of hydrogen-bond acceptors (Lipinski definition) is 6. The Morgan fingerprint density at radius 2 is 1.79 bits per heavy atom. The molecule has 1 heterocycles. The van der Waals surface area contributed by atoms with Crippen molar-refractivity contribution in [2.24, 2.45) is 0 Å². The standard InChI is InChI=1S/C21H30N4O3/c1-5-8-16(9-6-2)23-19-14-15(4)22-21(20(19)25(26)27)24-17-10-12-18(13-11-17)28-7-3/h10-14,16H,5-9H2,1-4H3,(H2,22,23,24). The molecule has 0 saturated carbocycles. The van der Waals surface area contributed by atoms with E-state index in [1.54, 1.807) is 6.07 Å². The lowest BCUT2D eigenvalue weighted by Gasteiger charge is -2.20. The van der Waals surface area contributed by atoms with Crippen LogP contribution in [-0.4, -0.2) is 22.6 Å². The highest BCUT2D eigenvalue weighted by Crippen LogP contribution is 2.35. The van der Waals surface area contributed by atoms with Crippen LogP contribution in [0.2, 0.25) is 0 Å². The summed E-state index contributed by atoms with van der Waals surface area (Å²) in [6, 6.07) is 9.25. The van der Waals surface area contributed by atoms with Crippen molar-refractivity contribution < 1.29 is 9.66 Å². The quantitative estimate of drug-likeness (QED) is 0.373. The minimum atomic E-state index is -0.374. The smallest absolute Gasteiger partial charge is 0.334 e. The summed E-state index contributed by atoms with van der Waals surface area (Å²) < 4.78 is 5.44. The zero-order valence-corrected chi connectivity index (χ0v) is 17.1. The Hall–Kier alpha value is -2.83. The summed E-state index contributed by atoms with van der Waals surface area (Å²) in [7, 11) is 0. The van der Waals surface area contributed by atoms with Gasteiger partial charge >= 0.3 is 5.69 Å². The molecule has 7 heteroatoms. The second-order valence-electron chi connectivity index (χ2n) is 6.77. The van der Waals surface area contributed by atoms with E-state index in [0.717, 1.165) is 31.4 Å². The number of aromatic nitrogens is 1. The number of benzene rings is 1. The highest BCUT2D eigenvalue weighted by atomic mass is 16.6. The van der Waals surface area contributed by atoms with Crippen LogP contribution < -0.4 is 15.4 Å². The summed E-state index contributed by atoms with van der Waals surface area (Å²) in [5.74, 6) is 0.993. The maximum absolute atomic E-state index is 11.8. The Labute approximate surface area is 166 Å². The van der Waals surface area contributed by atoms with E-state index in [4.69, 9.17) is 4.74 Å². The number of nitrogens with zero attached hydrogens (tertiary/aromatic N) is 2. The van der Waals surface area contributed by atoms with Gasteiger partial charge in [-0.3, -0.25) is 10.1 Å². The van der Waals surface area contributed by atoms with Crippen molar-refractivity contribution in [2.75, 3.05) is 17.2 Å². The van der Waals surface area contributed by atoms with E-state index >= 15 is 0 Å². The van der Waals surface area contributed by atoms with Gasteiger partial charge in [0, 0.05) is 17.4 Å². The van der Waals surface area contributed by atoms with E-state index in [2.05, 4.69) is 29.5 Å². The maximum atomic E-state index is 11.8. The molecule has 28 heavy (non-hydrogen) atoms. The molecular weight excluding hydrogens is 356 g/mol. The molecule has 7 nitrogen and oxygen atoms in total. The molecule has 1 aromatic carbocycles. The number of nitrogens with one attached hydrogen (secondary N) is 2. The normalized spacial score (nSPS) is 10.8. The zero-order chi connectivity index (χ0) is 20.5. The molecule has 0 bridgehead atoms. The average Bonchev–Trinajstić information content (AvgIpc) is 2.63. The summed E-state index contributed by atoms with van der Waals surface area (Å²) in [4.78, 5) is 15.9. The van der Waals surface area contributed by atoms with Crippen LogP contribution in [0.4, 0.5) is 22.9 Å². The molecule has 0 fully saturated rings. The molecule has 0 aliphatic heterocycles. The number of anilines is 3. The summed E-state index contributed by atoms with van der Waals surface area (Å²) in [6.07, 6.45) is 3.97. The predicted molar refractivity (Wildman–Crippen MR) is 114 cm³/mol. The van der Waals surface area contributed by atoms with Crippen LogP contribution >= 0.6 is 0 Å². The third-order valence-corrected chi connectivity index (χ3v) is 4.37. The number of rotatable bonds is 11. The van der Waals surface area contributed by atoms with Crippen LogP contribution in [-0.2, 0) is 0 Å². The molecule has 0 amide bonds. The van der Waals surface area contributed by atoms with E-state index in [9.17, 15) is 10.1 Å². The van der Waals surface area contributed by atoms with Crippen LogP contribution in [0.5, 0.6) is 5.75 Å². The van der Waals surface area contributed by atoms with Crippen molar-refractivity contribution in [3.05, 3.63) is 46.1 Å². The Morgan fingerprint density at radius 1 is 1.14 bits per heavy atom. The van der Waals surface area contributed by atoms with Crippen LogP contribution in [0.3, 0.4) is 0 Å². The Morgan fingerprint density at radius 3 is 2.32 bits per heavy atom. The Balaban J connectivity index is 2.35. The molecular formula is C21H30N4O3. The molecule has 0 radical (unpaired) electrons. The fourth-order valence-electron chi connectivity index (χ4n) is 3.19. The van der Waals surface area contributed by atoms with Gasteiger partial charge < -0.3 is 15.4 Å². The maximum Gasteiger partial charge on any atom is 0.334 e. The molecule has 0 spiro atoms. The highest BCUT2D eigenvalue weighted by molar-refractivity contribution is 5.77. The van der Waals surface area contributed by atoms with E-state index in [0.29, 0.717) is 23.7 Å². The third kappa shape index (κ3) is 5.84. The molecule has 1 aromatic heterocycles. The molecule has 2 rings (SSSR count). The van der Waals surface area contributed by atoms with Gasteiger partial charge in [-0.25, -0.2) is 4.98 Å². The van der Waals surface area contributed by atoms with E-state index in [1.807, 2.05) is 38.1 Å². The van der Waals surface area contributed by atoms with E-state index < -0.39 is 0 Å². The SMILES string of the molecule is CCCC(CCC)Nc1cc(C)nc(Nc2ccc(OCC)cc2)c1[N+](=O)[O-]. The van der Waals surface area contributed by atoms with Crippen molar-refractivity contribution >= 4 is 22.9 Å². The number of ether oxygens (including phenoxy) is 1. The van der Waals surface area contributed by atoms with Crippen LogP contribution in [0, 0.1) is 17.0 Å². The lowest BCUT2D eigenvalue weighted by Crippen LogP contribution is -2.20. The topological polar surface area (TPSA) is 89.3 Å². The van der Waals surface area contributed by atoms with Crippen molar-refractivity contribution in [1.82, 2.24) is 4.98 Å². The first-order valence-electron chi connectivity index (χ1n) is 9.90. The molecule has 152 valence electrons. The van der Waals surface area contributed by atoms with E-state index in [-0.39, 0.29) is 22.5 Å². The lowest BCUT2D eigenvalue weighted by atomic mass is 10.1. The van der Waals surface area contributed by atoms with Crippen LogP contribution in [0.1, 0.15) is 52.1 Å². The summed E-state index contributed by atoms with van der Waals surface area (Å²) in [5.41, 5.74) is 1.91. The van der Waals surface area contributed by atoms with E-state index in [1.165, 1.54) is 0 Å². The van der Waals surface area contributed by atoms with Gasteiger partial charge in [0.1, 0.15) is 11.4 Å². The number of nitro groups is 1. The van der Waals surface area contributed by atoms with Gasteiger partial charge in [-0.15, -0.1) is 0 Å². The van der Waals surface area contributed by atoms with Gasteiger partial charge in [0.15, 0.2) is 0 Å². The largest absolute Gasteiger partial charge is 0.494 e. The highest BCUT2D eigenvalue weighted by Gasteiger charge is 2.24. The molecule has 0 unspecified atom stereocenters. The fraction of sp³-hybridized carbons (Fsp3) is 0.476. The van der Waals surface area contributed by atoms with Crippen molar-refractivity contribution in [1.29, 1.82) is 0 Å². The first-order chi connectivity index (χ1) is 13.5. The van der Waals surface area contributed by atoms with Gasteiger partial charge in [0.05, 0.1) is 11.5 Å². The van der Waals surface area contributed by atoms with Crippen molar-refractivity contribution in [3.8, 4) is 5.75 Å². The Kier molecular flexibility index (Phi) is 8.04. The summed E-state index contributed by atoms with van der Waals surface area (Å²) >= 11 is 0. The first kappa shape index (κ1) is 21.5. The monoisotopic (exact) mass is 386 g/mol. The van der Waals surface area contributed by atoms with Gasteiger partial charge in [0.25, 0.3) is 0 Å². The second-order valence-corrected chi connectivity index (χ2v) is 6.77. The zero-order valence-electron chi connectivity index (χ0n) is 17.1. The van der Waals surface area contributed by atoms with Gasteiger partial charge in [-0.2, -0.15) is 0 Å². The van der Waals surface area contributed by atoms with Gasteiger partial charge in [0.2, 0.25) is 5.82 Å². The van der Waals surface area contributed by atoms with Crippen molar-refractivity contribution in [3.63, 3.8) is 0 Å².